The van der Waals surface area contributed by atoms with E-state index < -0.39 is 6.04 Å². The van der Waals surface area contributed by atoms with Gasteiger partial charge >= 0.3 is 0 Å². The lowest BCUT2D eigenvalue weighted by atomic mass is 10.1. The molecule has 0 bridgehead atoms. The summed E-state index contributed by atoms with van der Waals surface area (Å²) in [5.41, 5.74) is 0.740. The Balaban J connectivity index is 2.22. The Morgan fingerprint density at radius 2 is 1.58 bits per heavy atom. The smallest absolute Gasteiger partial charge is 0.261 e. The number of carbonyl (C=O) groups is 2. The van der Waals surface area contributed by atoms with E-state index in [9.17, 15) is 9.59 Å². The Bertz CT molecular complexity index is 948. The molecule has 180 valence electrons. The van der Waals surface area contributed by atoms with Crippen molar-refractivity contribution in [3.05, 3.63) is 52.0 Å². The summed E-state index contributed by atoms with van der Waals surface area (Å²) in [5, 5.41) is 3.71. The van der Waals surface area contributed by atoms with Gasteiger partial charge in [-0.3, -0.25) is 9.59 Å². The monoisotopic (exact) mass is 496 g/mol. The maximum Gasteiger partial charge on any atom is 0.261 e. The van der Waals surface area contributed by atoms with Gasteiger partial charge in [0.1, 0.15) is 23.3 Å². The van der Waals surface area contributed by atoms with E-state index >= 15 is 0 Å². The third-order valence-electron chi connectivity index (χ3n) is 5.19. The van der Waals surface area contributed by atoms with Crippen LogP contribution < -0.4 is 19.5 Å². The van der Waals surface area contributed by atoms with Crippen molar-refractivity contribution in [2.75, 3.05) is 20.8 Å². The summed E-state index contributed by atoms with van der Waals surface area (Å²) in [6.07, 6.45) is 0.778. The minimum atomic E-state index is -0.732. The lowest BCUT2D eigenvalue weighted by Gasteiger charge is -2.29. The van der Waals surface area contributed by atoms with E-state index in [-0.39, 0.29) is 31.0 Å². The van der Waals surface area contributed by atoms with Gasteiger partial charge in [0.15, 0.2) is 6.61 Å². The molecule has 0 fully saturated rings. The largest absolute Gasteiger partial charge is 0.496 e. The van der Waals surface area contributed by atoms with Gasteiger partial charge in [-0.25, -0.2) is 0 Å². The molecule has 0 saturated heterocycles. The summed E-state index contributed by atoms with van der Waals surface area (Å²) >= 11 is 12.2. The van der Waals surface area contributed by atoms with E-state index in [0.29, 0.717) is 27.3 Å². The second-order valence-corrected chi connectivity index (χ2v) is 8.42. The second-order valence-electron chi connectivity index (χ2n) is 7.60. The maximum absolute atomic E-state index is 13.2. The van der Waals surface area contributed by atoms with Crippen molar-refractivity contribution in [1.29, 1.82) is 0 Å². The highest BCUT2D eigenvalue weighted by Gasteiger charge is 2.27. The highest BCUT2D eigenvalue weighted by Crippen LogP contribution is 2.28. The van der Waals surface area contributed by atoms with Gasteiger partial charge in [-0.15, -0.1) is 0 Å². The molecule has 0 radical (unpaired) electrons. The van der Waals surface area contributed by atoms with E-state index in [1.54, 1.807) is 43.3 Å². The first-order chi connectivity index (χ1) is 15.7. The Labute approximate surface area is 204 Å². The van der Waals surface area contributed by atoms with Crippen molar-refractivity contribution < 1.29 is 23.8 Å². The van der Waals surface area contributed by atoms with Crippen LogP contribution >= 0.6 is 23.2 Å². The molecular formula is C24H30Cl2N2O5. The van der Waals surface area contributed by atoms with E-state index in [0.717, 1.165) is 12.0 Å². The Morgan fingerprint density at radius 1 is 0.970 bits per heavy atom. The first kappa shape index (κ1) is 26.6. The van der Waals surface area contributed by atoms with E-state index in [4.69, 9.17) is 37.4 Å². The molecule has 2 rings (SSSR count). The normalized spacial score (nSPS) is 12.5. The molecule has 9 heteroatoms. The minimum absolute atomic E-state index is 0.0117. The van der Waals surface area contributed by atoms with Gasteiger partial charge in [-0.1, -0.05) is 36.2 Å². The number of amides is 2. The molecular weight excluding hydrogens is 467 g/mol. The molecule has 2 atom stereocenters. The molecule has 2 amide bonds. The van der Waals surface area contributed by atoms with Crippen LogP contribution in [-0.2, 0) is 16.1 Å². The lowest BCUT2D eigenvalue weighted by molar-refractivity contribution is -0.142. The van der Waals surface area contributed by atoms with Crippen molar-refractivity contribution in [1.82, 2.24) is 10.2 Å². The molecule has 0 unspecified atom stereocenters. The van der Waals surface area contributed by atoms with Crippen LogP contribution in [0.5, 0.6) is 17.2 Å². The van der Waals surface area contributed by atoms with E-state index in [1.807, 2.05) is 13.8 Å². The summed E-state index contributed by atoms with van der Waals surface area (Å²) in [4.78, 5) is 27.4. The van der Waals surface area contributed by atoms with Crippen LogP contribution in [-0.4, -0.2) is 49.6 Å². The first-order valence-corrected chi connectivity index (χ1v) is 11.3. The maximum atomic E-state index is 13.2. The standard InChI is InChI=1S/C24H30Cl2N2O5/c1-6-15(2)27-24(30)16(3)28(13-17-7-8-21(25)22(26)9-17)23(29)14-33-20-11-18(31-4)10-19(12-20)32-5/h7-12,15-16H,6,13-14H2,1-5H3,(H,27,30)/t15-,16-/m0/s1. The molecule has 2 aromatic rings. The summed E-state index contributed by atoms with van der Waals surface area (Å²) in [7, 11) is 3.06. The average Bonchev–Trinajstić information content (AvgIpc) is 2.82. The topological polar surface area (TPSA) is 77.1 Å². The molecule has 0 aliphatic carbocycles. The van der Waals surface area contributed by atoms with Crippen molar-refractivity contribution in [2.24, 2.45) is 0 Å². The minimum Gasteiger partial charge on any atom is -0.496 e. The third-order valence-corrected chi connectivity index (χ3v) is 5.93. The number of methoxy groups -OCH3 is 2. The van der Waals surface area contributed by atoms with Crippen LogP contribution in [0.3, 0.4) is 0 Å². The molecule has 2 aromatic carbocycles. The Kier molecular flexibility index (Phi) is 10.1. The van der Waals surface area contributed by atoms with Gasteiger partial charge in [0, 0.05) is 30.8 Å². The van der Waals surface area contributed by atoms with Crippen molar-refractivity contribution in [3.8, 4) is 17.2 Å². The van der Waals surface area contributed by atoms with Crippen LogP contribution in [0.1, 0.15) is 32.8 Å². The second kappa shape index (κ2) is 12.6. The predicted octanol–water partition coefficient (Wildman–Crippen LogP) is 4.72. The molecule has 0 saturated carbocycles. The lowest BCUT2D eigenvalue weighted by Crippen LogP contribution is -2.50. The van der Waals surface area contributed by atoms with Crippen LogP contribution in [0.15, 0.2) is 36.4 Å². The zero-order valence-corrected chi connectivity index (χ0v) is 21.0. The van der Waals surface area contributed by atoms with Crippen molar-refractivity contribution in [2.45, 2.75) is 45.8 Å². The summed E-state index contributed by atoms with van der Waals surface area (Å²) < 4.78 is 16.2. The average molecular weight is 497 g/mol. The summed E-state index contributed by atoms with van der Waals surface area (Å²) in [6, 6.07) is 9.36. The predicted molar refractivity (Wildman–Crippen MR) is 129 cm³/mol. The van der Waals surface area contributed by atoms with Gasteiger partial charge in [0.2, 0.25) is 5.91 Å². The number of ether oxygens (including phenoxy) is 3. The number of halogens is 2. The zero-order chi connectivity index (χ0) is 24.5. The Morgan fingerprint density at radius 3 is 2.12 bits per heavy atom. The molecule has 0 spiro atoms. The third kappa shape index (κ3) is 7.72. The molecule has 33 heavy (non-hydrogen) atoms. The van der Waals surface area contributed by atoms with Gasteiger partial charge in [-0.2, -0.15) is 0 Å². The molecule has 0 aliphatic heterocycles. The number of rotatable bonds is 11. The SMILES string of the molecule is CC[C@H](C)NC(=O)[C@H](C)N(Cc1ccc(Cl)c(Cl)c1)C(=O)COc1cc(OC)cc(OC)c1. The van der Waals surface area contributed by atoms with Gasteiger partial charge in [0.25, 0.3) is 5.91 Å². The quantitative estimate of drug-likeness (QED) is 0.486. The zero-order valence-electron chi connectivity index (χ0n) is 19.5. The Hall–Kier alpha value is -2.64. The fourth-order valence-corrected chi connectivity index (χ4v) is 3.30. The number of hydrogen-bond acceptors (Lipinski definition) is 5. The first-order valence-electron chi connectivity index (χ1n) is 10.6. The number of carbonyl (C=O) groups excluding carboxylic acids is 2. The highest BCUT2D eigenvalue weighted by atomic mass is 35.5. The van der Waals surface area contributed by atoms with Gasteiger partial charge in [-0.05, 0) is 38.0 Å². The summed E-state index contributed by atoms with van der Waals surface area (Å²) in [6.45, 7) is 5.45. The van der Waals surface area contributed by atoms with Crippen molar-refractivity contribution in [3.63, 3.8) is 0 Å². The number of hydrogen-bond donors (Lipinski definition) is 1. The van der Waals surface area contributed by atoms with E-state index in [2.05, 4.69) is 5.32 Å². The fraction of sp³-hybridized carbons (Fsp3) is 0.417. The van der Waals surface area contributed by atoms with Crippen LogP contribution in [0.2, 0.25) is 10.0 Å². The fourth-order valence-electron chi connectivity index (χ4n) is 2.98. The van der Waals surface area contributed by atoms with Crippen LogP contribution in [0, 0.1) is 0 Å². The number of benzene rings is 2. The molecule has 1 N–H and O–H groups in total. The molecule has 0 heterocycles. The van der Waals surface area contributed by atoms with Crippen molar-refractivity contribution >= 4 is 35.0 Å². The molecule has 0 aromatic heterocycles. The number of nitrogens with zero attached hydrogens (tertiary/aromatic N) is 1. The highest BCUT2D eigenvalue weighted by molar-refractivity contribution is 6.42. The van der Waals surface area contributed by atoms with Gasteiger partial charge in [0.05, 0.1) is 24.3 Å². The van der Waals surface area contributed by atoms with Crippen LogP contribution in [0.25, 0.3) is 0 Å². The molecule has 0 aliphatic rings. The van der Waals surface area contributed by atoms with Gasteiger partial charge < -0.3 is 24.4 Å². The molecule has 7 nitrogen and oxygen atoms in total. The van der Waals surface area contributed by atoms with E-state index in [1.165, 1.54) is 19.1 Å². The number of nitrogens with one attached hydrogen (secondary N) is 1. The summed E-state index contributed by atoms with van der Waals surface area (Å²) in [5.74, 6) is 0.859. The van der Waals surface area contributed by atoms with Crippen LogP contribution in [0.4, 0.5) is 0 Å².